The molecule has 3 rings (SSSR count). The highest BCUT2D eigenvalue weighted by Crippen LogP contribution is 2.38. The van der Waals surface area contributed by atoms with Crippen LogP contribution in [-0.4, -0.2) is 11.8 Å². The Hall–Kier alpha value is -1.29. The van der Waals surface area contributed by atoms with Crippen LogP contribution >= 0.6 is 11.8 Å². The van der Waals surface area contributed by atoms with Gasteiger partial charge in [0, 0.05) is 16.7 Å². The molecular weight excluding hydrogens is 276 g/mol. The first kappa shape index (κ1) is 14.6. The lowest BCUT2D eigenvalue weighted by molar-refractivity contribution is 0.452. The third-order valence-corrected chi connectivity index (χ3v) is 5.36. The van der Waals surface area contributed by atoms with E-state index < -0.39 is 0 Å². The molecule has 2 nitrogen and oxygen atoms in total. The first-order valence-corrected chi connectivity index (χ1v) is 8.48. The zero-order chi connectivity index (χ0) is 14.7. The summed E-state index contributed by atoms with van der Waals surface area (Å²) < 4.78 is 0. The van der Waals surface area contributed by atoms with E-state index in [4.69, 9.17) is 5.84 Å². The number of rotatable bonds is 6. The maximum Gasteiger partial charge on any atom is 0.0310 e. The second-order valence-electron chi connectivity index (χ2n) is 5.83. The second-order valence-corrected chi connectivity index (χ2v) is 6.92. The van der Waals surface area contributed by atoms with Crippen molar-refractivity contribution in [3.8, 4) is 0 Å². The van der Waals surface area contributed by atoms with Gasteiger partial charge in [0.15, 0.2) is 0 Å². The average molecular weight is 298 g/mol. The molecule has 0 spiro atoms. The van der Waals surface area contributed by atoms with E-state index in [1.807, 2.05) is 11.8 Å². The standard InChI is InChI=1S/C18H22N2S/c1-13-5-4-7-17(9-13)21-12-16(20-19)11-15-10-14-6-2-3-8-18(14)15/h2-9,15-16,20H,10-12,19H2,1H3. The van der Waals surface area contributed by atoms with Crippen molar-refractivity contribution in [3.05, 3.63) is 65.2 Å². The Balaban J connectivity index is 1.55. The number of hydrogen-bond acceptors (Lipinski definition) is 3. The van der Waals surface area contributed by atoms with Gasteiger partial charge in [0.05, 0.1) is 0 Å². The molecule has 3 N–H and O–H groups in total. The third-order valence-electron chi connectivity index (χ3n) is 4.21. The molecule has 2 unspecified atom stereocenters. The fraction of sp³-hybridized carbons (Fsp3) is 0.333. The lowest BCUT2D eigenvalue weighted by Crippen LogP contribution is -2.39. The third kappa shape index (κ3) is 3.49. The van der Waals surface area contributed by atoms with Crippen LogP contribution in [0.4, 0.5) is 0 Å². The van der Waals surface area contributed by atoms with Gasteiger partial charge in [-0.05, 0) is 48.9 Å². The minimum Gasteiger partial charge on any atom is -0.271 e. The minimum absolute atomic E-state index is 0.355. The number of aryl methyl sites for hydroxylation is 1. The van der Waals surface area contributed by atoms with Crippen LogP contribution in [0.25, 0.3) is 0 Å². The molecule has 0 aromatic heterocycles. The first-order valence-electron chi connectivity index (χ1n) is 7.49. The van der Waals surface area contributed by atoms with Crippen molar-refractivity contribution in [1.82, 2.24) is 5.43 Å². The largest absolute Gasteiger partial charge is 0.271 e. The molecule has 3 heteroatoms. The normalized spacial score (nSPS) is 17.9. The molecular formula is C18H22N2S. The number of fused-ring (bicyclic) bond motifs is 1. The molecule has 0 aliphatic heterocycles. The highest BCUT2D eigenvalue weighted by atomic mass is 32.2. The summed E-state index contributed by atoms with van der Waals surface area (Å²) in [6.45, 7) is 2.13. The van der Waals surface area contributed by atoms with Crippen molar-refractivity contribution in [2.24, 2.45) is 5.84 Å². The number of hydrogen-bond donors (Lipinski definition) is 2. The van der Waals surface area contributed by atoms with Crippen LogP contribution in [0.15, 0.2) is 53.4 Å². The smallest absolute Gasteiger partial charge is 0.0310 e. The molecule has 0 saturated heterocycles. The van der Waals surface area contributed by atoms with E-state index in [1.165, 1.54) is 28.0 Å². The van der Waals surface area contributed by atoms with E-state index in [0.29, 0.717) is 12.0 Å². The summed E-state index contributed by atoms with van der Waals surface area (Å²) in [5, 5.41) is 0. The van der Waals surface area contributed by atoms with E-state index >= 15 is 0 Å². The van der Waals surface area contributed by atoms with E-state index in [2.05, 4.69) is 60.9 Å². The summed E-state index contributed by atoms with van der Waals surface area (Å²) in [7, 11) is 0. The number of nitrogens with one attached hydrogen (secondary N) is 1. The Morgan fingerprint density at radius 2 is 2.10 bits per heavy atom. The molecule has 1 aliphatic carbocycles. The number of thioether (sulfide) groups is 1. The van der Waals surface area contributed by atoms with Crippen LogP contribution < -0.4 is 11.3 Å². The molecule has 0 bridgehead atoms. The quantitative estimate of drug-likeness (QED) is 0.486. The predicted molar refractivity (Wildman–Crippen MR) is 90.5 cm³/mol. The Labute approximate surface area is 131 Å². The van der Waals surface area contributed by atoms with Crippen LogP contribution in [0, 0.1) is 6.92 Å². The van der Waals surface area contributed by atoms with Crippen LogP contribution in [0.2, 0.25) is 0 Å². The van der Waals surface area contributed by atoms with Gasteiger partial charge in [-0.1, -0.05) is 42.0 Å². The fourth-order valence-corrected chi connectivity index (χ4v) is 4.07. The molecule has 110 valence electrons. The molecule has 0 amide bonds. The number of nitrogens with two attached hydrogens (primary N) is 1. The van der Waals surface area contributed by atoms with E-state index in [-0.39, 0.29) is 0 Å². The number of hydrazine groups is 1. The molecule has 2 aromatic rings. The lowest BCUT2D eigenvalue weighted by Gasteiger charge is -2.32. The van der Waals surface area contributed by atoms with Gasteiger partial charge in [-0.25, -0.2) is 0 Å². The molecule has 1 aliphatic rings. The molecule has 21 heavy (non-hydrogen) atoms. The van der Waals surface area contributed by atoms with Gasteiger partial charge >= 0.3 is 0 Å². The van der Waals surface area contributed by atoms with Crippen molar-refractivity contribution in [3.63, 3.8) is 0 Å². The molecule has 0 saturated carbocycles. The summed E-state index contributed by atoms with van der Waals surface area (Å²) >= 11 is 1.88. The summed E-state index contributed by atoms with van der Waals surface area (Å²) in [6, 6.07) is 17.8. The van der Waals surface area contributed by atoms with Crippen LogP contribution in [0.3, 0.4) is 0 Å². The van der Waals surface area contributed by atoms with Gasteiger partial charge in [-0.15, -0.1) is 11.8 Å². The molecule has 0 fully saturated rings. The summed E-state index contributed by atoms with van der Waals surface area (Å²) in [5.41, 5.74) is 7.32. The van der Waals surface area contributed by atoms with Gasteiger partial charge in [0.1, 0.15) is 0 Å². The maximum atomic E-state index is 5.75. The van der Waals surface area contributed by atoms with E-state index in [0.717, 1.165) is 12.2 Å². The Morgan fingerprint density at radius 1 is 1.24 bits per heavy atom. The lowest BCUT2D eigenvalue weighted by atomic mass is 9.75. The SMILES string of the molecule is Cc1cccc(SCC(CC2Cc3ccccc32)NN)c1. The van der Waals surface area contributed by atoms with Crippen LogP contribution in [-0.2, 0) is 6.42 Å². The second kappa shape index (κ2) is 6.65. The van der Waals surface area contributed by atoms with Crippen molar-refractivity contribution >= 4 is 11.8 Å². The van der Waals surface area contributed by atoms with Crippen molar-refractivity contribution < 1.29 is 0 Å². The molecule has 2 aromatic carbocycles. The van der Waals surface area contributed by atoms with Gasteiger partial charge in [0.25, 0.3) is 0 Å². The number of benzene rings is 2. The Morgan fingerprint density at radius 3 is 2.86 bits per heavy atom. The summed E-state index contributed by atoms with van der Waals surface area (Å²) in [5.74, 6) is 7.43. The van der Waals surface area contributed by atoms with Crippen LogP contribution in [0.5, 0.6) is 0 Å². The molecule has 2 atom stereocenters. The van der Waals surface area contributed by atoms with Gasteiger partial charge in [-0.2, -0.15) is 0 Å². The van der Waals surface area contributed by atoms with Crippen molar-refractivity contribution in [1.29, 1.82) is 0 Å². The highest BCUT2D eigenvalue weighted by Gasteiger charge is 2.27. The van der Waals surface area contributed by atoms with Crippen LogP contribution in [0.1, 0.15) is 29.0 Å². The topological polar surface area (TPSA) is 38.0 Å². The first-order chi connectivity index (χ1) is 10.3. The van der Waals surface area contributed by atoms with Gasteiger partial charge < -0.3 is 0 Å². The van der Waals surface area contributed by atoms with Gasteiger partial charge in [-0.3, -0.25) is 11.3 Å². The summed E-state index contributed by atoms with van der Waals surface area (Å²) in [6.07, 6.45) is 2.32. The maximum absolute atomic E-state index is 5.75. The molecule has 0 heterocycles. The monoisotopic (exact) mass is 298 g/mol. The zero-order valence-electron chi connectivity index (χ0n) is 12.4. The van der Waals surface area contributed by atoms with E-state index in [9.17, 15) is 0 Å². The predicted octanol–water partition coefficient (Wildman–Crippen LogP) is 3.65. The molecule has 0 radical (unpaired) electrons. The average Bonchev–Trinajstić information content (AvgIpc) is 2.48. The minimum atomic E-state index is 0.355. The fourth-order valence-electron chi connectivity index (χ4n) is 3.00. The summed E-state index contributed by atoms with van der Waals surface area (Å²) in [4.78, 5) is 1.32. The Kier molecular flexibility index (Phi) is 4.63. The van der Waals surface area contributed by atoms with Gasteiger partial charge in [0.2, 0.25) is 0 Å². The van der Waals surface area contributed by atoms with E-state index in [1.54, 1.807) is 0 Å². The van der Waals surface area contributed by atoms with Crippen molar-refractivity contribution in [2.75, 3.05) is 5.75 Å². The zero-order valence-corrected chi connectivity index (χ0v) is 13.2. The van der Waals surface area contributed by atoms with Crippen molar-refractivity contribution in [2.45, 2.75) is 36.6 Å². The Bertz CT molecular complexity index is 612. The highest BCUT2D eigenvalue weighted by molar-refractivity contribution is 7.99.